The van der Waals surface area contributed by atoms with Crippen LogP contribution >= 0.6 is 0 Å². The van der Waals surface area contributed by atoms with Crippen LogP contribution in [-0.4, -0.2) is 16.9 Å². The second-order valence-electron chi connectivity index (χ2n) is 3.39. The van der Waals surface area contributed by atoms with E-state index in [9.17, 15) is 10.1 Å². The number of amidine groups is 1. The largest absolute Gasteiger partial charge is 0.476 e. The van der Waals surface area contributed by atoms with Crippen LogP contribution in [0.5, 0.6) is 5.75 Å². The highest BCUT2D eigenvalue weighted by atomic mass is 16.6. The predicted molar refractivity (Wildman–Crippen MR) is 59.8 cm³/mol. The van der Waals surface area contributed by atoms with Gasteiger partial charge in [-0.05, 0) is 19.9 Å². The molecule has 86 valence electrons. The Morgan fingerprint density at radius 3 is 2.75 bits per heavy atom. The van der Waals surface area contributed by atoms with Gasteiger partial charge in [0, 0.05) is 5.56 Å². The maximum absolute atomic E-state index is 10.8. The van der Waals surface area contributed by atoms with Crippen LogP contribution in [0.4, 0.5) is 5.69 Å². The SMILES string of the molecule is Cc1cccc(OC(C)C(=N)N)c1[N+](=O)[O-]. The van der Waals surface area contributed by atoms with Crippen molar-refractivity contribution in [1.82, 2.24) is 0 Å². The molecule has 0 heterocycles. The van der Waals surface area contributed by atoms with Gasteiger partial charge in [-0.1, -0.05) is 12.1 Å². The van der Waals surface area contributed by atoms with E-state index in [0.29, 0.717) is 5.56 Å². The van der Waals surface area contributed by atoms with E-state index >= 15 is 0 Å². The van der Waals surface area contributed by atoms with Gasteiger partial charge in [0.2, 0.25) is 0 Å². The number of benzene rings is 1. The Hall–Kier alpha value is -2.11. The topological polar surface area (TPSA) is 102 Å². The summed E-state index contributed by atoms with van der Waals surface area (Å²) in [6.45, 7) is 3.19. The smallest absolute Gasteiger partial charge is 0.313 e. The van der Waals surface area contributed by atoms with Gasteiger partial charge in [-0.2, -0.15) is 0 Å². The molecule has 0 radical (unpaired) electrons. The summed E-state index contributed by atoms with van der Waals surface area (Å²) in [6, 6.07) is 4.78. The second-order valence-corrected chi connectivity index (χ2v) is 3.39. The van der Waals surface area contributed by atoms with E-state index in [0.717, 1.165) is 0 Å². The Balaban J connectivity index is 3.09. The third-order valence-electron chi connectivity index (χ3n) is 2.13. The van der Waals surface area contributed by atoms with E-state index in [1.165, 1.54) is 6.07 Å². The predicted octanol–water partition coefficient (Wildman–Crippen LogP) is 1.61. The molecule has 1 unspecified atom stereocenters. The number of nitrogens with zero attached hydrogens (tertiary/aromatic N) is 1. The molecule has 0 aromatic heterocycles. The fraction of sp³-hybridized carbons (Fsp3) is 0.300. The molecule has 1 atom stereocenters. The Morgan fingerprint density at radius 1 is 1.62 bits per heavy atom. The van der Waals surface area contributed by atoms with Crippen LogP contribution in [0.3, 0.4) is 0 Å². The van der Waals surface area contributed by atoms with Crippen molar-refractivity contribution in [1.29, 1.82) is 5.41 Å². The van der Waals surface area contributed by atoms with Gasteiger partial charge >= 0.3 is 5.69 Å². The van der Waals surface area contributed by atoms with Gasteiger partial charge < -0.3 is 10.5 Å². The number of nitro groups is 1. The molecule has 6 heteroatoms. The number of ether oxygens (including phenoxy) is 1. The minimum Gasteiger partial charge on any atom is -0.476 e. The first-order valence-corrected chi connectivity index (χ1v) is 4.68. The summed E-state index contributed by atoms with van der Waals surface area (Å²) in [6.07, 6.45) is -0.680. The number of aryl methyl sites for hydroxylation is 1. The van der Waals surface area contributed by atoms with Crippen molar-refractivity contribution >= 4 is 11.5 Å². The number of rotatable bonds is 4. The van der Waals surface area contributed by atoms with Crippen LogP contribution in [0.25, 0.3) is 0 Å². The molecule has 0 spiro atoms. The molecule has 6 nitrogen and oxygen atoms in total. The number of hydrogen-bond donors (Lipinski definition) is 2. The molecule has 0 aliphatic carbocycles. The molecule has 0 amide bonds. The molecule has 0 bridgehead atoms. The maximum atomic E-state index is 10.8. The summed E-state index contributed by atoms with van der Waals surface area (Å²) in [5.41, 5.74) is 5.66. The zero-order valence-electron chi connectivity index (χ0n) is 9.06. The molecule has 16 heavy (non-hydrogen) atoms. The molecular formula is C10H13N3O3. The zero-order chi connectivity index (χ0) is 12.3. The molecular weight excluding hydrogens is 210 g/mol. The van der Waals surface area contributed by atoms with E-state index in [2.05, 4.69) is 0 Å². The van der Waals surface area contributed by atoms with E-state index in [1.54, 1.807) is 26.0 Å². The van der Waals surface area contributed by atoms with Crippen LogP contribution < -0.4 is 10.5 Å². The minimum absolute atomic E-state index is 0.0874. The molecule has 3 N–H and O–H groups in total. The number of hydrogen-bond acceptors (Lipinski definition) is 4. The van der Waals surface area contributed by atoms with Crippen molar-refractivity contribution in [3.8, 4) is 5.75 Å². The van der Waals surface area contributed by atoms with Gasteiger partial charge in [0.15, 0.2) is 11.9 Å². The van der Waals surface area contributed by atoms with Gasteiger partial charge in [0.05, 0.1) is 4.92 Å². The van der Waals surface area contributed by atoms with Crippen LogP contribution in [0.15, 0.2) is 18.2 Å². The lowest BCUT2D eigenvalue weighted by Crippen LogP contribution is -2.30. The lowest BCUT2D eigenvalue weighted by Gasteiger charge is -2.13. The first kappa shape index (κ1) is 12.0. The Bertz CT molecular complexity index is 431. The van der Waals surface area contributed by atoms with E-state index in [4.69, 9.17) is 15.9 Å². The zero-order valence-corrected chi connectivity index (χ0v) is 9.06. The highest BCUT2D eigenvalue weighted by Gasteiger charge is 2.20. The molecule has 1 rings (SSSR count). The summed E-state index contributed by atoms with van der Waals surface area (Å²) >= 11 is 0. The first-order valence-electron chi connectivity index (χ1n) is 4.68. The van der Waals surface area contributed by atoms with Crippen molar-refractivity contribution in [3.63, 3.8) is 0 Å². The van der Waals surface area contributed by atoms with E-state index in [1.807, 2.05) is 0 Å². The van der Waals surface area contributed by atoms with Gasteiger partial charge in [0.1, 0.15) is 5.84 Å². The van der Waals surface area contributed by atoms with Gasteiger partial charge in [-0.25, -0.2) is 0 Å². The van der Waals surface area contributed by atoms with Crippen molar-refractivity contribution in [3.05, 3.63) is 33.9 Å². The summed E-state index contributed by atoms with van der Waals surface area (Å²) in [5.74, 6) is -0.0384. The van der Waals surface area contributed by atoms with Crippen molar-refractivity contribution in [2.24, 2.45) is 5.73 Å². The summed E-state index contributed by atoms with van der Waals surface area (Å²) in [4.78, 5) is 10.3. The Labute approximate surface area is 92.7 Å². The molecule has 0 aliphatic heterocycles. The van der Waals surface area contributed by atoms with Gasteiger partial charge in [-0.3, -0.25) is 15.5 Å². The minimum atomic E-state index is -0.680. The lowest BCUT2D eigenvalue weighted by molar-refractivity contribution is -0.386. The van der Waals surface area contributed by atoms with Gasteiger partial charge in [-0.15, -0.1) is 0 Å². The van der Waals surface area contributed by atoms with Crippen LogP contribution in [0.1, 0.15) is 12.5 Å². The summed E-state index contributed by atoms with van der Waals surface area (Å²) in [5, 5.41) is 18.0. The van der Waals surface area contributed by atoms with Gasteiger partial charge in [0.25, 0.3) is 0 Å². The Morgan fingerprint density at radius 2 is 2.25 bits per heavy atom. The van der Waals surface area contributed by atoms with Crippen LogP contribution in [-0.2, 0) is 0 Å². The fourth-order valence-corrected chi connectivity index (χ4v) is 1.22. The lowest BCUT2D eigenvalue weighted by atomic mass is 10.2. The number of nitrogens with one attached hydrogen (secondary N) is 1. The van der Waals surface area contributed by atoms with E-state index < -0.39 is 11.0 Å². The number of nitro benzene ring substituents is 1. The summed E-state index contributed by atoms with van der Waals surface area (Å²) < 4.78 is 5.26. The van der Waals surface area contributed by atoms with E-state index in [-0.39, 0.29) is 17.3 Å². The maximum Gasteiger partial charge on any atom is 0.313 e. The number of nitrogens with two attached hydrogens (primary N) is 1. The average molecular weight is 223 g/mol. The average Bonchev–Trinajstić information content (AvgIpc) is 2.16. The quantitative estimate of drug-likeness (QED) is 0.350. The van der Waals surface area contributed by atoms with Crippen molar-refractivity contribution in [2.45, 2.75) is 20.0 Å². The highest BCUT2D eigenvalue weighted by Crippen LogP contribution is 2.30. The third kappa shape index (κ3) is 2.47. The van der Waals surface area contributed by atoms with Crippen LogP contribution in [0.2, 0.25) is 0 Å². The van der Waals surface area contributed by atoms with Crippen LogP contribution in [0, 0.1) is 22.4 Å². The first-order chi connectivity index (χ1) is 7.43. The molecule has 0 aliphatic rings. The molecule has 0 saturated carbocycles. The normalized spacial score (nSPS) is 11.9. The molecule has 1 aromatic carbocycles. The monoisotopic (exact) mass is 223 g/mol. The molecule has 1 aromatic rings. The highest BCUT2D eigenvalue weighted by molar-refractivity contribution is 5.81. The standard InChI is InChI=1S/C10H13N3O3/c1-6-4-3-5-8(9(6)13(14)15)16-7(2)10(11)12/h3-5,7H,1-2H3,(H3,11,12). The molecule has 0 saturated heterocycles. The second kappa shape index (κ2) is 4.61. The molecule has 0 fully saturated rings. The van der Waals surface area contributed by atoms with Crippen molar-refractivity contribution < 1.29 is 9.66 Å². The fourth-order valence-electron chi connectivity index (χ4n) is 1.22. The third-order valence-corrected chi connectivity index (χ3v) is 2.13. The number of para-hydroxylation sites is 1. The summed E-state index contributed by atoms with van der Waals surface area (Å²) in [7, 11) is 0. The Kier molecular flexibility index (Phi) is 3.44. The van der Waals surface area contributed by atoms with Crippen molar-refractivity contribution in [2.75, 3.05) is 0 Å².